The molecule has 0 saturated carbocycles. The molecule has 0 aromatic carbocycles. The van der Waals surface area contributed by atoms with Gasteiger partial charge in [0.15, 0.2) is 0 Å². The molecular formula is C14H18N4OS. The van der Waals surface area contributed by atoms with E-state index in [0.29, 0.717) is 5.82 Å². The molecule has 1 aliphatic heterocycles. The van der Waals surface area contributed by atoms with E-state index in [2.05, 4.69) is 21.2 Å². The maximum Gasteiger partial charge on any atom is 0.147 e. The highest BCUT2D eigenvalue weighted by molar-refractivity contribution is 7.11. The summed E-state index contributed by atoms with van der Waals surface area (Å²) in [6, 6.07) is 3.90. The minimum absolute atomic E-state index is 0.208. The highest BCUT2D eigenvalue weighted by Crippen LogP contribution is 2.40. The van der Waals surface area contributed by atoms with Crippen LogP contribution in [0.2, 0.25) is 0 Å². The number of aromatic nitrogens is 2. The van der Waals surface area contributed by atoms with E-state index < -0.39 is 0 Å². The molecule has 1 fully saturated rings. The van der Waals surface area contributed by atoms with E-state index in [1.54, 1.807) is 12.4 Å². The van der Waals surface area contributed by atoms with Crippen LogP contribution in [-0.2, 0) is 0 Å². The van der Waals surface area contributed by atoms with Crippen LogP contribution in [0.3, 0.4) is 0 Å². The van der Waals surface area contributed by atoms with E-state index in [0.717, 1.165) is 35.6 Å². The zero-order valence-corrected chi connectivity index (χ0v) is 12.2. The topological polar surface area (TPSA) is 75.3 Å². The molecule has 2 aromatic heterocycles. The van der Waals surface area contributed by atoms with Crippen LogP contribution >= 0.6 is 11.5 Å². The predicted molar refractivity (Wildman–Crippen MR) is 81.8 cm³/mol. The highest BCUT2D eigenvalue weighted by Gasteiger charge is 2.28. The number of hydrogen-bond donors (Lipinski definition) is 2. The smallest absolute Gasteiger partial charge is 0.147 e. The molecule has 106 valence electrons. The summed E-state index contributed by atoms with van der Waals surface area (Å²) in [7, 11) is 0. The Labute approximate surface area is 122 Å². The van der Waals surface area contributed by atoms with Crippen LogP contribution in [0.4, 0.5) is 10.8 Å². The molecule has 3 rings (SSSR count). The molecular weight excluding hydrogens is 272 g/mol. The maximum atomic E-state index is 9.86. The van der Waals surface area contributed by atoms with Crippen molar-refractivity contribution in [3.63, 3.8) is 0 Å². The van der Waals surface area contributed by atoms with E-state index in [4.69, 9.17) is 5.73 Å². The summed E-state index contributed by atoms with van der Waals surface area (Å²) < 4.78 is 4.31. The van der Waals surface area contributed by atoms with Crippen molar-refractivity contribution in [2.75, 3.05) is 23.7 Å². The van der Waals surface area contributed by atoms with Crippen LogP contribution in [0.25, 0.3) is 11.1 Å². The van der Waals surface area contributed by atoms with E-state index in [1.165, 1.54) is 11.5 Å². The van der Waals surface area contributed by atoms with Gasteiger partial charge in [0.25, 0.3) is 0 Å². The summed E-state index contributed by atoms with van der Waals surface area (Å²) in [5, 5.41) is 11.0. The maximum absolute atomic E-state index is 9.86. The average Bonchev–Trinajstić information content (AvgIpc) is 2.85. The standard InChI is InChI=1S/C14H18N4OS/c1-9-8-18(7-4-11(9)19)14-12(13(15)17-20-14)10-2-5-16-6-3-10/h2-3,5-6,9,11,19H,4,7-8H2,1H3,(H2,15,17). The van der Waals surface area contributed by atoms with Crippen LogP contribution in [-0.4, -0.2) is 33.7 Å². The van der Waals surface area contributed by atoms with E-state index >= 15 is 0 Å². The third kappa shape index (κ3) is 2.36. The molecule has 2 atom stereocenters. The minimum Gasteiger partial charge on any atom is -0.393 e. The van der Waals surface area contributed by atoms with Gasteiger partial charge in [-0.3, -0.25) is 4.98 Å². The molecule has 5 nitrogen and oxygen atoms in total. The predicted octanol–water partition coefficient (Wildman–Crippen LogP) is 1.99. The number of nitrogens with two attached hydrogens (primary N) is 1. The first-order valence-electron chi connectivity index (χ1n) is 6.75. The molecule has 3 heterocycles. The van der Waals surface area contributed by atoms with Crippen molar-refractivity contribution in [2.45, 2.75) is 19.4 Å². The largest absolute Gasteiger partial charge is 0.393 e. The summed E-state index contributed by atoms with van der Waals surface area (Å²) in [4.78, 5) is 6.32. The molecule has 0 aliphatic carbocycles. The van der Waals surface area contributed by atoms with Gasteiger partial charge in [-0.2, -0.15) is 4.37 Å². The molecule has 0 amide bonds. The second-order valence-corrected chi connectivity index (χ2v) is 6.02. The lowest BCUT2D eigenvalue weighted by Gasteiger charge is -2.35. The number of nitrogens with zero attached hydrogens (tertiary/aromatic N) is 3. The van der Waals surface area contributed by atoms with Gasteiger partial charge < -0.3 is 15.7 Å². The summed E-state index contributed by atoms with van der Waals surface area (Å²) in [6.45, 7) is 3.75. The Kier molecular flexibility index (Phi) is 3.58. The van der Waals surface area contributed by atoms with E-state index in [-0.39, 0.29) is 12.0 Å². The zero-order chi connectivity index (χ0) is 14.1. The summed E-state index contributed by atoms with van der Waals surface area (Å²) in [5.74, 6) is 0.826. The lowest BCUT2D eigenvalue weighted by Crippen LogP contribution is -2.41. The van der Waals surface area contributed by atoms with Crippen molar-refractivity contribution in [3.05, 3.63) is 24.5 Å². The van der Waals surface area contributed by atoms with Crippen molar-refractivity contribution in [2.24, 2.45) is 5.92 Å². The SMILES string of the molecule is CC1CN(c2snc(N)c2-c2ccncc2)CCC1O. The molecule has 0 radical (unpaired) electrons. The third-order valence-electron chi connectivity index (χ3n) is 3.82. The van der Waals surface area contributed by atoms with Gasteiger partial charge in [0, 0.05) is 25.5 Å². The van der Waals surface area contributed by atoms with Crippen molar-refractivity contribution >= 4 is 22.4 Å². The summed E-state index contributed by atoms with van der Waals surface area (Å²) >= 11 is 1.43. The fourth-order valence-electron chi connectivity index (χ4n) is 2.62. The number of aliphatic hydroxyl groups is 1. The van der Waals surface area contributed by atoms with Crippen molar-refractivity contribution < 1.29 is 5.11 Å². The van der Waals surface area contributed by atoms with Gasteiger partial charge in [0.05, 0.1) is 11.7 Å². The van der Waals surface area contributed by atoms with Crippen LogP contribution in [0.1, 0.15) is 13.3 Å². The van der Waals surface area contributed by atoms with Gasteiger partial charge in [-0.1, -0.05) is 6.92 Å². The first-order valence-corrected chi connectivity index (χ1v) is 7.52. The molecule has 0 spiro atoms. The Bertz CT molecular complexity index is 586. The minimum atomic E-state index is -0.208. The van der Waals surface area contributed by atoms with Crippen molar-refractivity contribution in [1.29, 1.82) is 0 Å². The molecule has 1 aliphatic rings. The molecule has 1 saturated heterocycles. The molecule has 2 aromatic rings. The van der Waals surface area contributed by atoms with E-state index in [1.807, 2.05) is 12.1 Å². The molecule has 6 heteroatoms. The van der Waals surface area contributed by atoms with Crippen molar-refractivity contribution in [3.8, 4) is 11.1 Å². The fourth-order valence-corrected chi connectivity index (χ4v) is 3.49. The number of piperidine rings is 1. The Morgan fingerprint density at radius 3 is 2.85 bits per heavy atom. The Morgan fingerprint density at radius 1 is 1.40 bits per heavy atom. The van der Waals surface area contributed by atoms with Gasteiger partial charge in [-0.25, -0.2) is 0 Å². The quantitative estimate of drug-likeness (QED) is 0.884. The summed E-state index contributed by atoms with van der Waals surface area (Å²) in [6.07, 6.45) is 4.10. The number of aliphatic hydroxyl groups excluding tert-OH is 1. The average molecular weight is 290 g/mol. The molecule has 0 bridgehead atoms. The van der Waals surface area contributed by atoms with Gasteiger partial charge in [-0.05, 0) is 41.6 Å². The fraction of sp³-hybridized carbons (Fsp3) is 0.429. The Morgan fingerprint density at radius 2 is 2.15 bits per heavy atom. The third-order valence-corrected chi connectivity index (χ3v) is 4.74. The second kappa shape index (κ2) is 5.38. The summed E-state index contributed by atoms with van der Waals surface area (Å²) in [5.41, 5.74) is 8.07. The number of nitrogen functional groups attached to an aromatic ring is 1. The molecule has 20 heavy (non-hydrogen) atoms. The van der Waals surface area contributed by atoms with Crippen LogP contribution in [0.5, 0.6) is 0 Å². The second-order valence-electron chi connectivity index (χ2n) is 5.26. The number of rotatable bonds is 2. The van der Waals surface area contributed by atoms with Crippen LogP contribution < -0.4 is 10.6 Å². The first kappa shape index (κ1) is 13.3. The van der Waals surface area contributed by atoms with Gasteiger partial charge in [-0.15, -0.1) is 0 Å². The first-order chi connectivity index (χ1) is 9.66. The highest BCUT2D eigenvalue weighted by atomic mass is 32.1. The molecule has 3 N–H and O–H groups in total. The van der Waals surface area contributed by atoms with Gasteiger partial charge >= 0.3 is 0 Å². The van der Waals surface area contributed by atoms with Gasteiger partial charge in [0.1, 0.15) is 10.8 Å². The Hall–Kier alpha value is -1.66. The number of pyridine rings is 1. The zero-order valence-electron chi connectivity index (χ0n) is 11.4. The Balaban J connectivity index is 1.96. The number of hydrogen-bond acceptors (Lipinski definition) is 6. The monoisotopic (exact) mass is 290 g/mol. The normalized spacial score (nSPS) is 23.0. The van der Waals surface area contributed by atoms with Gasteiger partial charge in [0.2, 0.25) is 0 Å². The lowest BCUT2D eigenvalue weighted by atomic mass is 9.96. The van der Waals surface area contributed by atoms with Crippen LogP contribution in [0, 0.1) is 5.92 Å². The van der Waals surface area contributed by atoms with Crippen molar-refractivity contribution in [1.82, 2.24) is 9.36 Å². The van der Waals surface area contributed by atoms with E-state index in [9.17, 15) is 5.11 Å². The molecule has 2 unspecified atom stereocenters. The number of anilines is 2. The van der Waals surface area contributed by atoms with Crippen LogP contribution in [0.15, 0.2) is 24.5 Å². The lowest BCUT2D eigenvalue weighted by molar-refractivity contribution is 0.0973.